The van der Waals surface area contributed by atoms with Gasteiger partial charge in [0.15, 0.2) is 5.84 Å². The first kappa shape index (κ1) is 16.4. The van der Waals surface area contributed by atoms with E-state index in [9.17, 15) is 4.79 Å². The van der Waals surface area contributed by atoms with Gasteiger partial charge in [0.25, 0.3) is 5.91 Å². The average molecular weight is 341 g/mol. The first-order chi connectivity index (χ1) is 11.5. The third kappa shape index (κ3) is 3.12. The van der Waals surface area contributed by atoms with E-state index in [0.29, 0.717) is 5.17 Å². The number of amidine groups is 2. The molecule has 24 heavy (non-hydrogen) atoms. The highest BCUT2D eigenvalue weighted by atomic mass is 32.2. The number of amides is 1. The van der Waals surface area contributed by atoms with Crippen molar-refractivity contribution in [3.63, 3.8) is 0 Å². The molecule has 0 aliphatic carbocycles. The SMILES string of the molecule is CCCC1=NN2C(=N)/C(=C\c3ccc(N(C)C)cc3)C(=O)N=C2S1. The maximum Gasteiger partial charge on any atom is 0.283 e. The third-order valence-corrected chi connectivity index (χ3v) is 4.65. The number of hydrogen-bond acceptors (Lipinski definition) is 5. The van der Waals surface area contributed by atoms with Crippen molar-refractivity contribution < 1.29 is 4.79 Å². The van der Waals surface area contributed by atoms with Crippen molar-refractivity contribution in [1.82, 2.24) is 5.01 Å². The van der Waals surface area contributed by atoms with Crippen LogP contribution < -0.4 is 4.90 Å². The van der Waals surface area contributed by atoms with Gasteiger partial charge in [-0.15, -0.1) is 0 Å². The van der Waals surface area contributed by atoms with Gasteiger partial charge in [-0.3, -0.25) is 10.2 Å². The van der Waals surface area contributed by atoms with Gasteiger partial charge in [0.2, 0.25) is 5.17 Å². The van der Waals surface area contributed by atoms with E-state index in [2.05, 4.69) is 17.0 Å². The van der Waals surface area contributed by atoms with Crippen molar-refractivity contribution in [2.24, 2.45) is 10.1 Å². The van der Waals surface area contributed by atoms with Crippen molar-refractivity contribution in [3.8, 4) is 0 Å². The molecule has 2 aliphatic rings. The van der Waals surface area contributed by atoms with Gasteiger partial charge >= 0.3 is 0 Å². The maximum atomic E-state index is 12.3. The standard InChI is InChI=1S/C17H19N5OS/c1-4-5-14-20-22-15(18)13(16(23)19-17(22)24-14)10-11-6-8-12(9-7-11)21(2)3/h6-10,18H,4-5H2,1-3H3/b13-10+,18-15?. The van der Waals surface area contributed by atoms with Gasteiger partial charge in [-0.25, -0.2) is 0 Å². The molecule has 1 amide bonds. The normalized spacial score (nSPS) is 18.6. The van der Waals surface area contributed by atoms with E-state index in [0.717, 1.165) is 29.1 Å². The fraction of sp³-hybridized carbons (Fsp3) is 0.294. The summed E-state index contributed by atoms with van der Waals surface area (Å²) in [6.07, 6.45) is 3.49. The lowest BCUT2D eigenvalue weighted by Crippen LogP contribution is -2.35. The molecule has 7 heteroatoms. The van der Waals surface area contributed by atoms with Crippen LogP contribution in [-0.4, -0.2) is 41.1 Å². The first-order valence-corrected chi connectivity index (χ1v) is 8.57. The first-order valence-electron chi connectivity index (χ1n) is 7.76. The molecular formula is C17H19N5OS. The quantitative estimate of drug-likeness (QED) is 0.854. The highest BCUT2D eigenvalue weighted by Gasteiger charge is 2.35. The molecule has 0 aromatic heterocycles. The Hall–Kier alpha value is -2.41. The van der Waals surface area contributed by atoms with Crippen molar-refractivity contribution >= 4 is 45.5 Å². The summed E-state index contributed by atoms with van der Waals surface area (Å²) in [6.45, 7) is 2.07. The second-order valence-electron chi connectivity index (χ2n) is 5.75. The summed E-state index contributed by atoms with van der Waals surface area (Å²) < 4.78 is 0. The lowest BCUT2D eigenvalue weighted by molar-refractivity contribution is -0.114. The van der Waals surface area contributed by atoms with E-state index >= 15 is 0 Å². The van der Waals surface area contributed by atoms with Gasteiger partial charge in [-0.1, -0.05) is 19.1 Å². The lowest BCUT2D eigenvalue weighted by Gasteiger charge is -2.20. The van der Waals surface area contributed by atoms with Crippen LogP contribution in [-0.2, 0) is 4.79 Å². The summed E-state index contributed by atoms with van der Waals surface area (Å²) in [4.78, 5) is 18.4. The summed E-state index contributed by atoms with van der Waals surface area (Å²) in [5.41, 5.74) is 2.20. The zero-order valence-corrected chi connectivity index (χ0v) is 14.7. The highest BCUT2D eigenvalue weighted by Crippen LogP contribution is 2.29. The van der Waals surface area contributed by atoms with Crippen LogP contribution in [0.3, 0.4) is 0 Å². The Kier molecular flexibility index (Phi) is 4.53. The van der Waals surface area contributed by atoms with Gasteiger partial charge < -0.3 is 4.90 Å². The topological polar surface area (TPSA) is 72.1 Å². The number of rotatable bonds is 4. The molecule has 2 aliphatic heterocycles. The number of thioether (sulfide) groups is 1. The molecule has 0 atom stereocenters. The summed E-state index contributed by atoms with van der Waals surface area (Å²) in [7, 11) is 3.95. The maximum absolute atomic E-state index is 12.3. The van der Waals surface area contributed by atoms with Crippen LogP contribution in [0, 0.1) is 5.41 Å². The zero-order valence-electron chi connectivity index (χ0n) is 13.9. The van der Waals surface area contributed by atoms with Crippen LogP contribution >= 0.6 is 11.8 Å². The number of nitrogens with one attached hydrogen (secondary N) is 1. The predicted molar refractivity (Wildman–Crippen MR) is 101 cm³/mol. The Bertz CT molecular complexity index is 777. The number of aliphatic imine (C=N–C) groups is 1. The fourth-order valence-electron chi connectivity index (χ4n) is 2.38. The van der Waals surface area contributed by atoms with E-state index in [-0.39, 0.29) is 17.3 Å². The summed E-state index contributed by atoms with van der Waals surface area (Å²) in [6, 6.07) is 7.79. The van der Waals surface area contributed by atoms with Gasteiger partial charge in [-0.2, -0.15) is 15.1 Å². The minimum absolute atomic E-state index is 0.0836. The number of carbonyl (C=O) groups is 1. The number of hydrazone groups is 1. The number of nitrogens with zero attached hydrogens (tertiary/aromatic N) is 4. The third-order valence-electron chi connectivity index (χ3n) is 3.68. The number of fused-ring (bicyclic) bond motifs is 1. The second kappa shape index (κ2) is 6.60. The molecule has 1 N–H and O–H groups in total. The van der Waals surface area contributed by atoms with Gasteiger partial charge in [-0.05, 0) is 48.4 Å². The second-order valence-corrected chi connectivity index (χ2v) is 6.79. The minimum atomic E-state index is -0.386. The van der Waals surface area contributed by atoms with Crippen molar-refractivity contribution in [2.45, 2.75) is 19.8 Å². The fourth-order valence-corrected chi connectivity index (χ4v) is 3.37. The van der Waals surface area contributed by atoms with Crippen molar-refractivity contribution in [2.75, 3.05) is 19.0 Å². The molecule has 3 rings (SSSR count). The Morgan fingerprint density at radius 1 is 1.29 bits per heavy atom. The molecule has 0 saturated heterocycles. The number of benzene rings is 1. The molecular weight excluding hydrogens is 322 g/mol. The van der Waals surface area contributed by atoms with E-state index in [1.807, 2.05) is 43.3 Å². The van der Waals surface area contributed by atoms with E-state index < -0.39 is 0 Å². The molecule has 0 spiro atoms. The summed E-state index contributed by atoms with van der Waals surface area (Å²) in [5.74, 6) is -0.302. The van der Waals surface area contributed by atoms with Gasteiger partial charge in [0.1, 0.15) is 5.04 Å². The van der Waals surface area contributed by atoms with Gasteiger partial charge in [0, 0.05) is 19.8 Å². The Labute approximate surface area is 145 Å². The van der Waals surface area contributed by atoms with Crippen LogP contribution in [0.15, 0.2) is 39.9 Å². The number of carbonyl (C=O) groups excluding carboxylic acids is 1. The highest BCUT2D eigenvalue weighted by molar-refractivity contribution is 8.26. The molecule has 6 nitrogen and oxygen atoms in total. The molecule has 0 saturated carbocycles. The van der Waals surface area contributed by atoms with E-state index in [1.165, 1.54) is 16.8 Å². The minimum Gasteiger partial charge on any atom is -0.378 e. The molecule has 1 aromatic carbocycles. The smallest absolute Gasteiger partial charge is 0.283 e. The number of hydrogen-bond donors (Lipinski definition) is 1. The number of anilines is 1. The van der Waals surface area contributed by atoms with Crippen molar-refractivity contribution in [1.29, 1.82) is 5.41 Å². The molecule has 0 fully saturated rings. The summed E-state index contributed by atoms with van der Waals surface area (Å²) >= 11 is 1.37. The van der Waals surface area contributed by atoms with Gasteiger partial charge in [0.05, 0.1) is 5.57 Å². The Morgan fingerprint density at radius 2 is 2.00 bits per heavy atom. The lowest BCUT2D eigenvalue weighted by atomic mass is 10.1. The molecule has 0 bridgehead atoms. The molecule has 2 heterocycles. The summed E-state index contributed by atoms with van der Waals surface area (Å²) in [5, 5.41) is 15.5. The molecule has 0 radical (unpaired) electrons. The molecule has 0 unspecified atom stereocenters. The average Bonchev–Trinajstić information content (AvgIpc) is 2.95. The molecule has 124 valence electrons. The zero-order chi connectivity index (χ0) is 17.3. The van der Waals surface area contributed by atoms with E-state index in [1.54, 1.807) is 6.08 Å². The van der Waals surface area contributed by atoms with Crippen LogP contribution in [0.2, 0.25) is 0 Å². The van der Waals surface area contributed by atoms with Crippen molar-refractivity contribution in [3.05, 3.63) is 35.4 Å². The predicted octanol–water partition coefficient (Wildman–Crippen LogP) is 3.17. The Morgan fingerprint density at radius 3 is 2.62 bits per heavy atom. The van der Waals surface area contributed by atoms with Crippen LogP contribution in [0.1, 0.15) is 25.3 Å². The Balaban J connectivity index is 1.89. The molecule has 1 aromatic rings. The van der Waals surface area contributed by atoms with Crippen LogP contribution in [0.25, 0.3) is 6.08 Å². The van der Waals surface area contributed by atoms with E-state index in [4.69, 9.17) is 5.41 Å². The van der Waals surface area contributed by atoms with Crippen LogP contribution in [0.4, 0.5) is 5.69 Å². The largest absolute Gasteiger partial charge is 0.378 e. The monoisotopic (exact) mass is 341 g/mol. The van der Waals surface area contributed by atoms with Crippen LogP contribution in [0.5, 0.6) is 0 Å².